The smallest absolute Gasteiger partial charge is 0.249 e. The largest absolute Gasteiger partial charge is 0.394 e. The van der Waals surface area contributed by atoms with Gasteiger partial charge in [0.15, 0.2) is 0 Å². The Balaban J connectivity index is 3.76. The summed E-state index contributed by atoms with van der Waals surface area (Å²) < 4.78 is 0. The summed E-state index contributed by atoms with van der Waals surface area (Å²) in [7, 11) is 0. The Kier molecular flexibility index (Phi) is 41.0. The SMILES string of the molecule is CCCCCCCCCC/C=C\CCCCCCCCC(O)C(=O)NC(CO)C(O)C(O)CCC/C=C/CCCCCCCCCCCCCCCC. The van der Waals surface area contributed by atoms with Gasteiger partial charge in [-0.1, -0.05) is 199 Å². The van der Waals surface area contributed by atoms with Crippen LogP contribution >= 0.6 is 0 Å². The van der Waals surface area contributed by atoms with Crippen LogP contribution in [0.1, 0.15) is 239 Å². The average Bonchev–Trinajstić information content (AvgIpc) is 3.16. The van der Waals surface area contributed by atoms with Gasteiger partial charge in [-0.3, -0.25) is 4.79 Å². The molecule has 0 saturated heterocycles. The minimum atomic E-state index is -1.28. The van der Waals surface area contributed by atoms with E-state index in [0.29, 0.717) is 12.8 Å². The van der Waals surface area contributed by atoms with Gasteiger partial charge in [0.2, 0.25) is 5.91 Å². The molecule has 0 aromatic rings. The van der Waals surface area contributed by atoms with E-state index in [1.807, 2.05) is 0 Å². The van der Waals surface area contributed by atoms with E-state index >= 15 is 0 Å². The maximum absolute atomic E-state index is 12.5. The Morgan fingerprint density at radius 3 is 1.13 bits per heavy atom. The van der Waals surface area contributed by atoms with Crippen LogP contribution in [0.15, 0.2) is 24.3 Å². The lowest BCUT2D eigenvalue weighted by molar-refractivity contribution is -0.132. The van der Waals surface area contributed by atoms with Crippen molar-refractivity contribution in [1.82, 2.24) is 5.32 Å². The number of amides is 1. The Morgan fingerprint density at radius 2 is 0.774 bits per heavy atom. The Bertz CT molecular complexity index is 802. The number of carbonyl (C=O) groups excluding carboxylic acids is 1. The molecule has 0 aromatic heterocycles. The van der Waals surface area contributed by atoms with Gasteiger partial charge in [0.1, 0.15) is 12.2 Å². The van der Waals surface area contributed by atoms with Gasteiger partial charge in [0.05, 0.1) is 18.8 Å². The van der Waals surface area contributed by atoms with Gasteiger partial charge in [-0.15, -0.1) is 0 Å². The molecule has 0 rings (SSSR count). The normalized spacial score (nSPS) is 14.3. The van der Waals surface area contributed by atoms with Crippen molar-refractivity contribution in [3.8, 4) is 0 Å². The average molecular weight is 750 g/mol. The Morgan fingerprint density at radius 1 is 0.453 bits per heavy atom. The van der Waals surface area contributed by atoms with Crippen LogP contribution in [0, 0.1) is 0 Å². The summed E-state index contributed by atoms with van der Waals surface area (Å²) in [6.45, 7) is 4.05. The van der Waals surface area contributed by atoms with Crippen molar-refractivity contribution in [2.75, 3.05) is 6.61 Å². The Hall–Kier alpha value is -1.21. The van der Waals surface area contributed by atoms with E-state index in [1.165, 1.54) is 167 Å². The van der Waals surface area contributed by atoms with Crippen LogP contribution in [0.25, 0.3) is 0 Å². The summed E-state index contributed by atoms with van der Waals surface area (Å²) in [6, 6.07) is -1.00. The highest BCUT2D eigenvalue weighted by atomic mass is 16.3. The molecular formula is C47H91NO5. The molecule has 4 atom stereocenters. The van der Waals surface area contributed by atoms with E-state index in [9.17, 15) is 25.2 Å². The van der Waals surface area contributed by atoms with Crippen LogP contribution in [0.2, 0.25) is 0 Å². The molecule has 5 N–H and O–H groups in total. The van der Waals surface area contributed by atoms with E-state index in [4.69, 9.17) is 0 Å². The minimum absolute atomic E-state index is 0.357. The van der Waals surface area contributed by atoms with E-state index in [2.05, 4.69) is 43.5 Å². The first kappa shape index (κ1) is 51.8. The maximum Gasteiger partial charge on any atom is 0.249 e. The topological polar surface area (TPSA) is 110 Å². The van der Waals surface area contributed by atoms with Crippen LogP contribution in [0.5, 0.6) is 0 Å². The van der Waals surface area contributed by atoms with Crippen LogP contribution in [-0.2, 0) is 4.79 Å². The summed E-state index contributed by atoms with van der Waals surface area (Å²) in [4.78, 5) is 12.5. The van der Waals surface area contributed by atoms with Crippen molar-refractivity contribution in [2.45, 2.75) is 263 Å². The number of nitrogens with one attached hydrogen (secondary N) is 1. The number of unbranched alkanes of at least 4 members (excludes halogenated alkanes) is 29. The highest BCUT2D eigenvalue weighted by molar-refractivity contribution is 5.80. The monoisotopic (exact) mass is 750 g/mol. The first-order valence-corrected chi connectivity index (χ1v) is 23.2. The lowest BCUT2D eigenvalue weighted by atomic mass is 10.00. The van der Waals surface area contributed by atoms with Gasteiger partial charge >= 0.3 is 0 Å². The van der Waals surface area contributed by atoms with Crippen molar-refractivity contribution in [1.29, 1.82) is 0 Å². The first-order chi connectivity index (χ1) is 26.0. The van der Waals surface area contributed by atoms with Crippen molar-refractivity contribution in [2.24, 2.45) is 0 Å². The van der Waals surface area contributed by atoms with Gasteiger partial charge < -0.3 is 25.7 Å². The molecule has 0 aliphatic heterocycles. The number of hydrogen-bond donors (Lipinski definition) is 5. The highest BCUT2D eigenvalue weighted by Crippen LogP contribution is 2.16. The Labute approximate surface area is 329 Å². The second-order valence-electron chi connectivity index (χ2n) is 16.1. The van der Waals surface area contributed by atoms with E-state index in [1.54, 1.807) is 0 Å². The standard InChI is InChI=1S/C47H91NO5/c1-3-5-7-9-11-13-15-17-19-21-23-25-26-28-30-32-34-36-38-40-44(50)46(52)43(42-49)48-47(53)45(51)41-39-37-35-33-31-29-27-24-22-20-18-16-14-12-10-8-6-4-2/h22,24,32,34,43-46,49-52H,3-21,23,25-31,33,35-42H2,1-2H3,(H,48,53)/b24-22-,34-32+. The van der Waals surface area contributed by atoms with Crippen LogP contribution in [-0.4, -0.2) is 57.3 Å². The third-order valence-electron chi connectivity index (χ3n) is 10.9. The molecule has 4 unspecified atom stereocenters. The molecule has 1 amide bonds. The van der Waals surface area contributed by atoms with Crippen molar-refractivity contribution < 1.29 is 25.2 Å². The molecule has 314 valence electrons. The molecule has 0 bridgehead atoms. The fourth-order valence-corrected chi connectivity index (χ4v) is 7.16. The number of carbonyl (C=O) groups is 1. The van der Waals surface area contributed by atoms with Crippen LogP contribution in [0.3, 0.4) is 0 Å². The van der Waals surface area contributed by atoms with Crippen molar-refractivity contribution >= 4 is 5.91 Å². The van der Waals surface area contributed by atoms with E-state index in [0.717, 1.165) is 44.9 Å². The van der Waals surface area contributed by atoms with Gasteiger partial charge in [-0.05, 0) is 64.2 Å². The molecule has 53 heavy (non-hydrogen) atoms. The number of aliphatic hydroxyl groups excluding tert-OH is 4. The first-order valence-electron chi connectivity index (χ1n) is 23.2. The molecule has 0 aliphatic carbocycles. The lowest BCUT2D eigenvalue weighted by Crippen LogP contribution is -2.53. The quantitative estimate of drug-likeness (QED) is 0.0315. The molecule has 0 aliphatic rings. The molecular weight excluding hydrogens is 659 g/mol. The van der Waals surface area contributed by atoms with Gasteiger partial charge in [0.25, 0.3) is 0 Å². The molecule has 0 aromatic carbocycles. The predicted molar refractivity (Wildman–Crippen MR) is 228 cm³/mol. The maximum atomic E-state index is 12.5. The summed E-state index contributed by atoms with van der Waals surface area (Å²) in [5.74, 6) is -0.597. The number of allylic oxidation sites excluding steroid dienone is 4. The number of rotatable bonds is 42. The third kappa shape index (κ3) is 36.2. The molecule has 0 radical (unpaired) electrons. The summed E-state index contributed by atoms with van der Waals surface area (Å²) in [5.41, 5.74) is 0. The zero-order valence-electron chi connectivity index (χ0n) is 35.3. The predicted octanol–water partition coefficient (Wildman–Crippen LogP) is 12.4. The second kappa shape index (κ2) is 41.9. The van der Waals surface area contributed by atoms with E-state index in [-0.39, 0.29) is 0 Å². The molecule has 0 heterocycles. The fraction of sp³-hybridized carbons (Fsp3) is 0.894. The number of aliphatic hydroxyl groups is 4. The van der Waals surface area contributed by atoms with Crippen molar-refractivity contribution in [3.63, 3.8) is 0 Å². The molecule has 6 nitrogen and oxygen atoms in total. The molecule has 6 heteroatoms. The van der Waals surface area contributed by atoms with Gasteiger partial charge in [-0.2, -0.15) is 0 Å². The third-order valence-corrected chi connectivity index (χ3v) is 10.9. The fourth-order valence-electron chi connectivity index (χ4n) is 7.16. The molecule has 0 saturated carbocycles. The van der Waals surface area contributed by atoms with Crippen LogP contribution in [0.4, 0.5) is 0 Å². The number of hydrogen-bond acceptors (Lipinski definition) is 5. The van der Waals surface area contributed by atoms with Gasteiger partial charge in [-0.25, -0.2) is 0 Å². The zero-order chi connectivity index (χ0) is 38.9. The minimum Gasteiger partial charge on any atom is -0.394 e. The zero-order valence-corrected chi connectivity index (χ0v) is 35.3. The lowest BCUT2D eigenvalue weighted by Gasteiger charge is -2.27. The van der Waals surface area contributed by atoms with Gasteiger partial charge in [0, 0.05) is 0 Å². The van der Waals surface area contributed by atoms with Crippen LogP contribution < -0.4 is 5.32 Å². The summed E-state index contributed by atoms with van der Waals surface area (Å²) in [5, 5.41) is 43.7. The highest BCUT2D eigenvalue weighted by Gasteiger charge is 2.28. The summed E-state index contributed by atoms with van der Waals surface area (Å²) in [6.07, 6.45) is 47.8. The molecule has 0 fully saturated rings. The summed E-state index contributed by atoms with van der Waals surface area (Å²) >= 11 is 0. The molecule has 0 spiro atoms. The van der Waals surface area contributed by atoms with E-state index < -0.39 is 36.9 Å². The van der Waals surface area contributed by atoms with Crippen molar-refractivity contribution in [3.05, 3.63) is 24.3 Å². The second-order valence-corrected chi connectivity index (χ2v) is 16.1.